The lowest BCUT2D eigenvalue weighted by molar-refractivity contribution is -0.139. The quantitative estimate of drug-likeness (QED) is 0.316. The van der Waals surface area contributed by atoms with Crippen molar-refractivity contribution in [2.45, 2.75) is 52.4 Å². The fraction of sp³-hybridized carbons (Fsp3) is 0.786. The summed E-state index contributed by atoms with van der Waals surface area (Å²) in [5, 5.41) is 0. The van der Waals surface area contributed by atoms with Crippen LogP contribution in [0.4, 0.5) is 0 Å². The molecule has 0 unspecified atom stereocenters. The van der Waals surface area contributed by atoms with Gasteiger partial charge in [0.1, 0.15) is 0 Å². The van der Waals surface area contributed by atoms with Gasteiger partial charge in [-0.3, -0.25) is 0 Å². The molecule has 3 nitrogen and oxygen atoms in total. The van der Waals surface area contributed by atoms with Crippen LogP contribution in [0.5, 0.6) is 0 Å². The molecule has 0 fully saturated rings. The first-order chi connectivity index (χ1) is 8.18. The molecule has 3 heteroatoms. The van der Waals surface area contributed by atoms with Crippen LogP contribution in [0.15, 0.2) is 12.2 Å². The third-order valence-electron chi connectivity index (χ3n) is 2.41. The van der Waals surface area contributed by atoms with Gasteiger partial charge in [-0.1, -0.05) is 26.3 Å². The highest BCUT2D eigenvalue weighted by molar-refractivity contribution is 5.86. The van der Waals surface area contributed by atoms with E-state index in [2.05, 4.69) is 13.5 Å². The standard InChI is InChI=1S/C14H26O3/c1-4-5-10-16-11-8-6-7-9-12-17-14(15)13(2)3/h2,4-12H2,1,3H3. The number of ether oxygens (including phenoxy) is 2. The van der Waals surface area contributed by atoms with Gasteiger partial charge in [-0.05, 0) is 32.6 Å². The fourth-order valence-corrected chi connectivity index (χ4v) is 1.30. The highest BCUT2D eigenvalue weighted by atomic mass is 16.5. The van der Waals surface area contributed by atoms with Gasteiger partial charge in [0.05, 0.1) is 6.61 Å². The third kappa shape index (κ3) is 11.4. The molecule has 0 amide bonds. The molecule has 0 aliphatic heterocycles. The van der Waals surface area contributed by atoms with E-state index in [1.54, 1.807) is 6.92 Å². The Balaban J connectivity index is 3.08. The molecule has 0 aromatic rings. The first-order valence-corrected chi connectivity index (χ1v) is 6.58. The molecule has 0 spiro atoms. The van der Waals surface area contributed by atoms with Crippen LogP contribution >= 0.6 is 0 Å². The highest BCUT2D eigenvalue weighted by Crippen LogP contribution is 2.02. The highest BCUT2D eigenvalue weighted by Gasteiger charge is 2.01. The molecule has 100 valence electrons. The van der Waals surface area contributed by atoms with Crippen LogP contribution in [0.3, 0.4) is 0 Å². The second-order valence-electron chi connectivity index (χ2n) is 4.30. The van der Waals surface area contributed by atoms with Crippen molar-refractivity contribution < 1.29 is 14.3 Å². The van der Waals surface area contributed by atoms with Gasteiger partial charge in [0.15, 0.2) is 0 Å². The van der Waals surface area contributed by atoms with E-state index < -0.39 is 0 Å². The molecule has 0 saturated carbocycles. The van der Waals surface area contributed by atoms with E-state index in [4.69, 9.17) is 9.47 Å². The van der Waals surface area contributed by atoms with Crippen molar-refractivity contribution in [1.29, 1.82) is 0 Å². The SMILES string of the molecule is C=C(C)C(=O)OCCCCCCOCCCC. The van der Waals surface area contributed by atoms with Crippen LogP contribution < -0.4 is 0 Å². The number of hydrogen-bond acceptors (Lipinski definition) is 3. The van der Waals surface area contributed by atoms with Crippen LogP contribution in [-0.2, 0) is 14.3 Å². The molecule has 0 bridgehead atoms. The second-order valence-corrected chi connectivity index (χ2v) is 4.30. The Kier molecular flexibility index (Phi) is 11.1. The van der Waals surface area contributed by atoms with Crippen LogP contribution in [0.2, 0.25) is 0 Å². The predicted octanol–water partition coefficient (Wildman–Crippen LogP) is 3.48. The van der Waals surface area contributed by atoms with E-state index in [0.29, 0.717) is 12.2 Å². The Hall–Kier alpha value is -0.830. The van der Waals surface area contributed by atoms with Crippen LogP contribution in [0, 0.1) is 0 Å². The van der Waals surface area contributed by atoms with Gasteiger partial charge in [-0.25, -0.2) is 4.79 Å². The maximum Gasteiger partial charge on any atom is 0.333 e. The Labute approximate surface area is 105 Å². The summed E-state index contributed by atoms with van der Waals surface area (Å²) in [6.45, 7) is 9.59. The minimum Gasteiger partial charge on any atom is -0.462 e. The number of rotatable bonds is 11. The van der Waals surface area contributed by atoms with Gasteiger partial charge in [-0.15, -0.1) is 0 Å². The summed E-state index contributed by atoms with van der Waals surface area (Å²) in [4.78, 5) is 11.0. The van der Waals surface area contributed by atoms with Crippen molar-refractivity contribution in [2.24, 2.45) is 0 Å². The molecule has 0 saturated heterocycles. The van der Waals surface area contributed by atoms with Gasteiger partial charge >= 0.3 is 5.97 Å². The molecule has 17 heavy (non-hydrogen) atoms. The van der Waals surface area contributed by atoms with E-state index in [0.717, 1.165) is 45.3 Å². The van der Waals surface area contributed by atoms with Crippen molar-refractivity contribution in [3.8, 4) is 0 Å². The predicted molar refractivity (Wildman–Crippen MR) is 70.0 cm³/mol. The lowest BCUT2D eigenvalue weighted by Crippen LogP contribution is -2.06. The Morgan fingerprint density at radius 1 is 1.00 bits per heavy atom. The van der Waals surface area contributed by atoms with Gasteiger partial charge in [0.25, 0.3) is 0 Å². The van der Waals surface area contributed by atoms with Crippen molar-refractivity contribution in [1.82, 2.24) is 0 Å². The molecule has 0 aliphatic rings. The van der Waals surface area contributed by atoms with E-state index in [1.165, 1.54) is 6.42 Å². The normalized spacial score (nSPS) is 10.2. The molecule has 0 aromatic carbocycles. The minimum absolute atomic E-state index is 0.284. The van der Waals surface area contributed by atoms with Crippen molar-refractivity contribution in [3.63, 3.8) is 0 Å². The first-order valence-electron chi connectivity index (χ1n) is 6.58. The summed E-state index contributed by atoms with van der Waals surface area (Å²) in [6.07, 6.45) is 6.58. The molecule has 0 heterocycles. The van der Waals surface area contributed by atoms with Crippen LogP contribution in [0.1, 0.15) is 52.4 Å². The van der Waals surface area contributed by atoms with Crippen LogP contribution in [0.25, 0.3) is 0 Å². The summed E-state index contributed by atoms with van der Waals surface area (Å²) in [5.74, 6) is -0.284. The number of esters is 1. The zero-order chi connectivity index (χ0) is 12.9. The maximum atomic E-state index is 11.0. The minimum atomic E-state index is -0.284. The van der Waals surface area contributed by atoms with Gasteiger partial charge in [-0.2, -0.15) is 0 Å². The van der Waals surface area contributed by atoms with E-state index in [1.807, 2.05) is 0 Å². The zero-order valence-corrected chi connectivity index (χ0v) is 11.3. The molecular weight excluding hydrogens is 216 g/mol. The van der Waals surface area contributed by atoms with Crippen molar-refractivity contribution >= 4 is 5.97 Å². The monoisotopic (exact) mass is 242 g/mol. The number of carbonyl (C=O) groups excluding carboxylic acids is 1. The zero-order valence-electron chi connectivity index (χ0n) is 11.3. The van der Waals surface area contributed by atoms with Gasteiger partial charge < -0.3 is 9.47 Å². The summed E-state index contributed by atoms with van der Waals surface area (Å²) in [5.41, 5.74) is 0.467. The fourth-order valence-electron chi connectivity index (χ4n) is 1.30. The van der Waals surface area contributed by atoms with Gasteiger partial charge in [0.2, 0.25) is 0 Å². The lowest BCUT2D eigenvalue weighted by atomic mass is 10.2. The number of hydrogen-bond donors (Lipinski definition) is 0. The second kappa shape index (κ2) is 11.6. The molecule has 0 atom stereocenters. The summed E-state index contributed by atoms with van der Waals surface area (Å²) in [7, 11) is 0. The van der Waals surface area contributed by atoms with Crippen molar-refractivity contribution in [3.05, 3.63) is 12.2 Å². The van der Waals surface area contributed by atoms with E-state index >= 15 is 0 Å². The summed E-state index contributed by atoms with van der Waals surface area (Å²) >= 11 is 0. The molecular formula is C14H26O3. The van der Waals surface area contributed by atoms with Gasteiger partial charge in [0, 0.05) is 18.8 Å². The number of unbranched alkanes of at least 4 members (excludes halogenated alkanes) is 4. The largest absolute Gasteiger partial charge is 0.462 e. The number of carbonyl (C=O) groups is 1. The van der Waals surface area contributed by atoms with Crippen molar-refractivity contribution in [2.75, 3.05) is 19.8 Å². The first kappa shape index (κ1) is 16.2. The van der Waals surface area contributed by atoms with E-state index in [9.17, 15) is 4.79 Å². The summed E-state index contributed by atoms with van der Waals surface area (Å²) < 4.78 is 10.4. The molecule has 0 rings (SSSR count). The molecule has 0 N–H and O–H groups in total. The maximum absolute atomic E-state index is 11.0. The average molecular weight is 242 g/mol. The van der Waals surface area contributed by atoms with Crippen LogP contribution in [-0.4, -0.2) is 25.8 Å². The Morgan fingerprint density at radius 3 is 2.18 bits per heavy atom. The average Bonchev–Trinajstić information content (AvgIpc) is 2.31. The lowest BCUT2D eigenvalue weighted by Gasteiger charge is -2.05. The Bertz CT molecular complexity index is 212. The molecule has 0 aliphatic carbocycles. The molecule has 0 aromatic heterocycles. The Morgan fingerprint density at radius 2 is 1.59 bits per heavy atom. The topological polar surface area (TPSA) is 35.5 Å². The summed E-state index contributed by atoms with van der Waals surface area (Å²) in [6, 6.07) is 0. The third-order valence-corrected chi connectivity index (χ3v) is 2.41. The van der Waals surface area contributed by atoms with E-state index in [-0.39, 0.29) is 5.97 Å². The smallest absolute Gasteiger partial charge is 0.333 e. The molecule has 0 radical (unpaired) electrons.